The van der Waals surface area contributed by atoms with Crippen molar-refractivity contribution in [3.63, 3.8) is 0 Å². The van der Waals surface area contributed by atoms with E-state index in [1.165, 1.54) is 0 Å². The topological polar surface area (TPSA) is 94.5 Å². The number of hydrogen-bond donors (Lipinski definition) is 2. The standard InChI is InChI=1S/C30H42O7/c1-8-24(35-17-20-9-11-21(34-7)12-10-20)30(18-36-28(5,6)37-30)22-13-15-29(33)16-14-23(27(29,3)4)26(32)25(31)19(22)2/h8-13,15,19,22-24,26,32-33H,1,14,16-18H2,2-7H3/b15-13-/t19-,22-,23+,24+,26+,29-,30+/m0/s1. The number of hydrogen-bond acceptors (Lipinski definition) is 7. The van der Waals surface area contributed by atoms with Crippen molar-refractivity contribution in [1.29, 1.82) is 0 Å². The van der Waals surface area contributed by atoms with Crippen LogP contribution < -0.4 is 4.74 Å². The average Bonchev–Trinajstić information content (AvgIpc) is 3.31. The minimum Gasteiger partial charge on any atom is -0.497 e. The first kappa shape index (κ1) is 28.0. The number of fused-ring (bicyclic) bond motifs is 2. The molecule has 7 nitrogen and oxygen atoms in total. The van der Waals surface area contributed by atoms with Crippen molar-refractivity contribution >= 4 is 5.78 Å². The Morgan fingerprint density at radius 2 is 1.89 bits per heavy atom. The predicted molar refractivity (Wildman–Crippen MR) is 140 cm³/mol. The number of rotatable bonds is 7. The number of benzene rings is 1. The lowest BCUT2D eigenvalue weighted by molar-refractivity contribution is -0.203. The van der Waals surface area contributed by atoms with Crippen LogP contribution in [0.2, 0.25) is 0 Å². The van der Waals surface area contributed by atoms with E-state index >= 15 is 0 Å². The fourth-order valence-electron chi connectivity index (χ4n) is 6.50. The van der Waals surface area contributed by atoms with Crippen molar-refractivity contribution in [2.45, 2.75) is 83.3 Å². The molecule has 1 aliphatic heterocycles. The van der Waals surface area contributed by atoms with Crippen LogP contribution in [0.1, 0.15) is 53.0 Å². The van der Waals surface area contributed by atoms with E-state index in [0.29, 0.717) is 12.8 Å². The molecule has 1 aromatic rings. The van der Waals surface area contributed by atoms with E-state index in [9.17, 15) is 15.0 Å². The van der Waals surface area contributed by atoms with Gasteiger partial charge in [-0.3, -0.25) is 4.79 Å². The summed E-state index contributed by atoms with van der Waals surface area (Å²) in [6.45, 7) is 13.8. The lowest BCUT2D eigenvalue weighted by atomic mass is 9.69. The Hall–Kier alpha value is -2.03. The van der Waals surface area contributed by atoms with Crippen LogP contribution in [-0.4, -0.2) is 58.9 Å². The van der Waals surface area contributed by atoms with E-state index in [1.54, 1.807) is 13.2 Å². The molecule has 1 saturated carbocycles. The number of aliphatic hydroxyl groups excluding tert-OH is 1. The lowest BCUT2D eigenvalue weighted by Crippen LogP contribution is -2.55. The molecule has 7 heteroatoms. The highest BCUT2D eigenvalue weighted by atomic mass is 16.8. The Bertz CT molecular complexity index is 1030. The largest absolute Gasteiger partial charge is 0.497 e. The number of aliphatic hydroxyl groups is 2. The number of methoxy groups -OCH3 is 1. The smallest absolute Gasteiger partial charge is 0.165 e. The molecular formula is C30H42O7. The maximum absolute atomic E-state index is 13.7. The Morgan fingerprint density at radius 3 is 2.46 bits per heavy atom. The molecule has 1 aromatic carbocycles. The third-order valence-corrected chi connectivity index (χ3v) is 9.05. The maximum atomic E-state index is 13.7. The fraction of sp³-hybridized carbons (Fsp3) is 0.633. The van der Waals surface area contributed by atoms with Gasteiger partial charge in [0.15, 0.2) is 11.6 Å². The zero-order valence-corrected chi connectivity index (χ0v) is 22.9. The fourth-order valence-corrected chi connectivity index (χ4v) is 6.50. The summed E-state index contributed by atoms with van der Waals surface area (Å²) < 4.78 is 24.3. The van der Waals surface area contributed by atoms with E-state index in [2.05, 4.69) is 6.58 Å². The minimum absolute atomic E-state index is 0.160. The molecule has 2 bridgehead atoms. The summed E-state index contributed by atoms with van der Waals surface area (Å²) in [5.41, 5.74) is -1.99. The van der Waals surface area contributed by atoms with Gasteiger partial charge in [0.25, 0.3) is 0 Å². The molecule has 3 aliphatic rings. The molecule has 2 fully saturated rings. The zero-order valence-electron chi connectivity index (χ0n) is 22.9. The van der Waals surface area contributed by atoms with E-state index in [-0.39, 0.29) is 24.9 Å². The highest BCUT2D eigenvalue weighted by Gasteiger charge is 2.61. The Kier molecular flexibility index (Phi) is 7.51. The van der Waals surface area contributed by atoms with Crippen LogP contribution in [0.3, 0.4) is 0 Å². The summed E-state index contributed by atoms with van der Waals surface area (Å²) in [4.78, 5) is 13.7. The first-order valence-corrected chi connectivity index (χ1v) is 13.1. The number of carbonyl (C=O) groups excluding carboxylic acids is 1. The molecule has 7 atom stereocenters. The second kappa shape index (κ2) is 9.93. The lowest BCUT2D eigenvalue weighted by Gasteiger charge is -2.42. The molecular weight excluding hydrogens is 472 g/mol. The second-order valence-electron chi connectivity index (χ2n) is 11.9. The molecule has 204 valence electrons. The molecule has 4 rings (SSSR count). The van der Waals surface area contributed by atoms with Gasteiger partial charge in [-0.1, -0.05) is 51.1 Å². The Balaban J connectivity index is 1.73. The molecule has 0 spiro atoms. The monoisotopic (exact) mass is 514 g/mol. The average molecular weight is 515 g/mol. The summed E-state index contributed by atoms with van der Waals surface area (Å²) in [5.74, 6) is -1.93. The van der Waals surface area contributed by atoms with Gasteiger partial charge < -0.3 is 29.2 Å². The van der Waals surface area contributed by atoms with Gasteiger partial charge in [0, 0.05) is 23.2 Å². The number of Topliss-reactive ketones (excluding diaryl/α,β-unsaturated/α-hetero) is 1. The van der Waals surface area contributed by atoms with Crippen molar-refractivity contribution in [2.75, 3.05) is 13.7 Å². The van der Waals surface area contributed by atoms with Crippen molar-refractivity contribution in [1.82, 2.24) is 0 Å². The SMILES string of the molecule is C=C[C@@H](OCc1ccc(OC)cc1)[C@]1([C@H]2/C=C\[C@]3(O)CC[C@H]([C@@H](O)C(=O)[C@H]2C)C3(C)C)COC(C)(C)O1. The summed E-state index contributed by atoms with van der Waals surface area (Å²) in [7, 11) is 1.62. The number of carbonyl (C=O) groups is 1. The van der Waals surface area contributed by atoms with Crippen LogP contribution in [0.5, 0.6) is 5.75 Å². The molecule has 2 aliphatic carbocycles. The van der Waals surface area contributed by atoms with Crippen LogP contribution in [-0.2, 0) is 25.6 Å². The van der Waals surface area contributed by atoms with Gasteiger partial charge in [0.05, 0.1) is 25.9 Å². The molecule has 37 heavy (non-hydrogen) atoms. The third kappa shape index (κ3) is 4.81. The highest BCUT2D eigenvalue weighted by molar-refractivity contribution is 5.86. The quantitative estimate of drug-likeness (QED) is 0.527. The van der Waals surface area contributed by atoms with Gasteiger partial charge in [-0.05, 0) is 44.4 Å². The Labute approximate surface area is 220 Å². The van der Waals surface area contributed by atoms with Crippen molar-refractivity contribution in [2.24, 2.45) is 23.2 Å². The first-order chi connectivity index (χ1) is 17.3. The van der Waals surface area contributed by atoms with Gasteiger partial charge in [-0.2, -0.15) is 0 Å². The number of ketones is 1. The van der Waals surface area contributed by atoms with Crippen molar-refractivity contribution in [3.8, 4) is 5.75 Å². The number of ether oxygens (including phenoxy) is 4. The van der Waals surface area contributed by atoms with Crippen molar-refractivity contribution < 1.29 is 34.0 Å². The summed E-state index contributed by atoms with van der Waals surface area (Å²) in [5, 5.41) is 22.9. The summed E-state index contributed by atoms with van der Waals surface area (Å²) >= 11 is 0. The molecule has 2 N–H and O–H groups in total. The van der Waals surface area contributed by atoms with Crippen LogP contribution >= 0.6 is 0 Å². The molecule has 1 saturated heterocycles. The first-order valence-electron chi connectivity index (χ1n) is 13.1. The highest BCUT2D eigenvalue weighted by Crippen LogP contribution is 2.55. The normalized spacial score (nSPS) is 38.3. The second-order valence-corrected chi connectivity index (χ2v) is 11.9. The van der Waals surface area contributed by atoms with Crippen LogP contribution in [0.4, 0.5) is 0 Å². The maximum Gasteiger partial charge on any atom is 0.165 e. The van der Waals surface area contributed by atoms with E-state index in [4.69, 9.17) is 18.9 Å². The van der Waals surface area contributed by atoms with Gasteiger partial charge in [-0.25, -0.2) is 0 Å². The van der Waals surface area contributed by atoms with Gasteiger partial charge >= 0.3 is 0 Å². The van der Waals surface area contributed by atoms with E-state index < -0.39 is 46.4 Å². The van der Waals surface area contributed by atoms with E-state index in [1.807, 2.05) is 71.0 Å². The van der Waals surface area contributed by atoms with Gasteiger partial charge in [0.1, 0.15) is 23.6 Å². The molecule has 0 aromatic heterocycles. The summed E-state index contributed by atoms with van der Waals surface area (Å²) in [6, 6.07) is 7.60. The van der Waals surface area contributed by atoms with Crippen LogP contribution in [0, 0.1) is 23.2 Å². The minimum atomic E-state index is -1.18. The van der Waals surface area contributed by atoms with Gasteiger partial charge in [-0.15, -0.1) is 6.58 Å². The molecule has 0 radical (unpaired) electrons. The zero-order chi connectivity index (χ0) is 27.2. The Morgan fingerprint density at radius 1 is 1.22 bits per heavy atom. The molecule has 0 unspecified atom stereocenters. The van der Waals surface area contributed by atoms with Crippen LogP contribution in [0.15, 0.2) is 49.1 Å². The van der Waals surface area contributed by atoms with Crippen LogP contribution in [0.25, 0.3) is 0 Å². The summed E-state index contributed by atoms with van der Waals surface area (Å²) in [6.07, 6.45) is 4.63. The predicted octanol–water partition coefficient (Wildman–Crippen LogP) is 4.21. The van der Waals surface area contributed by atoms with Crippen molar-refractivity contribution in [3.05, 3.63) is 54.6 Å². The van der Waals surface area contributed by atoms with E-state index in [0.717, 1.165) is 11.3 Å². The van der Waals surface area contributed by atoms with Gasteiger partial charge in [0.2, 0.25) is 0 Å². The third-order valence-electron chi connectivity index (χ3n) is 9.05. The molecule has 0 amide bonds. The molecule has 1 heterocycles.